The second kappa shape index (κ2) is 5.30. The van der Waals surface area contributed by atoms with E-state index in [-0.39, 0.29) is 4.90 Å². The molecule has 0 aliphatic rings. The average Bonchev–Trinajstić information content (AvgIpc) is 2.28. The van der Waals surface area contributed by atoms with Gasteiger partial charge in [0.1, 0.15) is 0 Å². The molecule has 0 radical (unpaired) electrons. The zero-order chi connectivity index (χ0) is 13.2. The highest BCUT2D eigenvalue weighted by Crippen LogP contribution is 2.21. The van der Waals surface area contributed by atoms with Gasteiger partial charge in [-0.2, -0.15) is 0 Å². The maximum absolute atomic E-state index is 12.1. The van der Waals surface area contributed by atoms with Gasteiger partial charge in [0.25, 0.3) is 10.0 Å². The first-order chi connectivity index (χ1) is 8.47. The third-order valence-corrected chi connectivity index (χ3v) is 4.29. The van der Waals surface area contributed by atoms with Crippen molar-refractivity contribution in [3.8, 4) is 0 Å². The minimum absolute atomic E-state index is 0.192. The molecule has 0 aliphatic heterocycles. The van der Waals surface area contributed by atoms with Crippen LogP contribution in [0.2, 0.25) is 5.02 Å². The van der Waals surface area contributed by atoms with E-state index in [9.17, 15) is 8.42 Å². The molecule has 2 aromatic carbocycles. The maximum Gasteiger partial charge on any atom is 0.261 e. The lowest BCUT2D eigenvalue weighted by molar-refractivity contribution is 0.601. The Morgan fingerprint density at radius 3 is 2.44 bits per heavy atom. The fourth-order valence-corrected chi connectivity index (χ4v) is 3.24. The van der Waals surface area contributed by atoms with E-state index in [0.717, 1.165) is 0 Å². The molecule has 2 rings (SSSR count). The van der Waals surface area contributed by atoms with Crippen molar-refractivity contribution >= 4 is 43.2 Å². The zero-order valence-corrected chi connectivity index (χ0v) is 12.3. The summed E-state index contributed by atoms with van der Waals surface area (Å²) in [6.07, 6.45) is 0. The molecular weight excluding hydrogens is 338 g/mol. The van der Waals surface area contributed by atoms with Crippen molar-refractivity contribution in [2.75, 3.05) is 4.72 Å². The zero-order valence-electron chi connectivity index (χ0n) is 9.10. The summed E-state index contributed by atoms with van der Waals surface area (Å²) in [5.41, 5.74) is 0.433. The molecule has 0 unspecified atom stereocenters. The Hall–Kier alpha value is -1.04. The Kier molecular flexibility index (Phi) is 3.94. The number of halogens is 2. The maximum atomic E-state index is 12.1. The van der Waals surface area contributed by atoms with Gasteiger partial charge >= 0.3 is 0 Å². The van der Waals surface area contributed by atoms with Crippen molar-refractivity contribution in [3.05, 3.63) is 58.0 Å². The van der Waals surface area contributed by atoms with E-state index in [2.05, 4.69) is 20.7 Å². The van der Waals surface area contributed by atoms with Crippen LogP contribution in [0.1, 0.15) is 0 Å². The van der Waals surface area contributed by atoms with Crippen molar-refractivity contribution in [1.82, 2.24) is 0 Å². The van der Waals surface area contributed by atoms with E-state index in [1.54, 1.807) is 36.4 Å². The topological polar surface area (TPSA) is 46.2 Å². The summed E-state index contributed by atoms with van der Waals surface area (Å²) >= 11 is 9.04. The van der Waals surface area contributed by atoms with Gasteiger partial charge in [-0.25, -0.2) is 8.42 Å². The minimum atomic E-state index is -3.59. The molecule has 94 valence electrons. The van der Waals surface area contributed by atoms with Gasteiger partial charge in [0.15, 0.2) is 0 Å². The SMILES string of the molecule is O=S(=O)(Nc1cccc(Cl)c1)c1cccc(Br)c1. The standard InChI is InChI=1S/C12H9BrClNO2S/c13-9-3-1-6-12(7-9)18(16,17)15-11-5-2-4-10(14)8-11/h1-8,15H. The molecule has 0 spiro atoms. The third-order valence-electron chi connectivity index (χ3n) is 2.18. The predicted molar refractivity (Wildman–Crippen MR) is 76.4 cm³/mol. The summed E-state index contributed by atoms with van der Waals surface area (Å²) in [4.78, 5) is 0.192. The second-order valence-electron chi connectivity index (χ2n) is 3.57. The summed E-state index contributed by atoms with van der Waals surface area (Å²) in [6, 6.07) is 13.0. The van der Waals surface area contributed by atoms with Gasteiger partial charge in [0.2, 0.25) is 0 Å². The molecule has 2 aromatic rings. The van der Waals surface area contributed by atoms with Crippen LogP contribution in [0.3, 0.4) is 0 Å². The van der Waals surface area contributed by atoms with E-state index in [1.807, 2.05) is 0 Å². The van der Waals surface area contributed by atoms with Crippen LogP contribution in [0.4, 0.5) is 5.69 Å². The Bertz CT molecular complexity index is 673. The minimum Gasteiger partial charge on any atom is -0.280 e. The Labute approximate surface area is 119 Å². The second-order valence-corrected chi connectivity index (χ2v) is 6.61. The number of sulfonamides is 1. The van der Waals surface area contributed by atoms with Gasteiger partial charge in [-0.15, -0.1) is 0 Å². The summed E-state index contributed by atoms with van der Waals surface area (Å²) < 4.78 is 27.4. The van der Waals surface area contributed by atoms with Gasteiger partial charge in [-0.1, -0.05) is 39.7 Å². The summed E-state index contributed by atoms with van der Waals surface area (Å²) in [5.74, 6) is 0. The van der Waals surface area contributed by atoms with E-state index >= 15 is 0 Å². The molecule has 3 nitrogen and oxygen atoms in total. The lowest BCUT2D eigenvalue weighted by Gasteiger charge is -2.08. The lowest BCUT2D eigenvalue weighted by atomic mass is 10.3. The van der Waals surface area contributed by atoms with Crippen LogP contribution >= 0.6 is 27.5 Å². The van der Waals surface area contributed by atoms with Crippen molar-refractivity contribution in [3.63, 3.8) is 0 Å². The lowest BCUT2D eigenvalue weighted by Crippen LogP contribution is -2.12. The molecule has 0 aromatic heterocycles. The number of benzene rings is 2. The molecule has 0 heterocycles. The smallest absolute Gasteiger partial charge is 0.261 e. The monoisotopic (exact) mass is 345 g/mol. The summed E-state index contributed by atoms with van der Waals surface area (Å²) in [6.45, 7) is 0. The van der Waals surface area contributed by atoms with E-state index in [0.29, 0.717) is 15.2 Å². The van der Waals surface area contributed by atoms with E-state index in [4.69, 9.17) is 11.6 Å². The van der Waals surface area contributed by atoms with Gasteiger partial charge < -0.3 is 0 Å². The highest BCUT2D eigenvalue weighted by molar-refractivity contribution is 9.10. The quantitative estimate of drug-likeness (QED) is 0.916. The fourth-order valence-electron chi connectivity index (χ4n) is 1.40. The van der Waals surface area contributed by atoms with Gasteiger partial charge in [-0.05, 0) is 36.4 Å². The van der Waals surface area contributed by atoms with Crippen LogP contribution in [0.25, 0.3) is 0 Å². The molecule has 0 saturated heterocycles. The summed E-state index contributed by atoms with van der Waals surface area (Å²) in [7, 11) is -3.59. The highest BCUT2D eigenvalue weighted by atomic mass is 79.9. The van der Waals surface area contributed by atoms with Crippen LogP contribution in [-0.4, -0.2) is 8.42 Å². The van der Waals surface area contributed by atoms with Crippen molar-refractivity contribution < 1.29 is 8.42 Å². The Morgan fingerprint density at radius 1 is 1.06 bits per heavy atom. The molecule has 18 heavy (non-hydrogen) atoms. The normalized spacial score (nSPS) is 11.2. The first kappa shape index (κ1) is 13.4. The number of hydrogen-bond donors (Lipinski definition) is 1. The first-order valence-corrected chi connectivity index (χ1v) is 7.67. The molecule has 0 amide bonds. The van der Waals surface area contributed by atoms with Crippen molar-refractivity contribution in [2.24, 2.45) is 0 Å². The van der Waals surface area contributed by atoms with Gasteiger partial charge in [0.05, 0.1) is 10.6 Å². The molecule has 1 N–H and O–H groups in total. The molecule has 0 atom stereocenters. The van der Waals surface area contributed by atoms with Crippen LogP contribution in [-0.2, 0) is 10.0 Å². The van der Waals surface area contributed by atoms with Crippen molar-refractivity contribution in [1.29, 1.82) is 0 Å². The van der Waals surface area contributed by atoms with Crippen molar-refractivity contribution in [2.45, 2.75) is 4.90 Å². The van der Waals surface area contributed by atoms with Gasteiger partial charge in [0, 0.05) is 9.50 Å². The Balaban J connectivity index is 2.33. The average molecular weight is 347 g/mol. The van der Waals surface area contributed by atoms with Crippen LogP contribution < -0.4 is 4.72 Å². The van der Waals surface area contributed by atoms with Gasteiger partial charge in [-0.3, -0.25) is 4.72 Å². The Morgan fingerprint density at radius 2 is 1.78 bits per heavy atom. The molecule has 0 fully saturated rings. The van der Waals surface area contributed by atoms with Crippen LogP contribution in [0.5, 0.6) is 0 Å². The molecule has 6 heteroatoms. The largest absolute Gasteiger partial charge is 0.280 e. The van der Waals surface area contributed by atoms with E-state index < -0.39 is 10.0 Å². The first-order valence-electron chi connectivity index (χ1n) is 5.01. The fraction of sp³-hybridized carbons (Fsp3) is 0. The number of rotatable bonds is 3. The summed E-state index contributed by atoms with van der Waals surface area (Å²) in [5, 5.41) is 0.476. The highest BCUT2D eigenvalue weighted by Gasteiger charge is 2.14. The molecule has 0 saturated carbocycles. The van der Waals surface area contributed by atoms with Crippen LogP contribution in [0, 0.1) is 0 Å². The molecule has 0 aliphatic carbocycles. The predicted octanol–water partition coefficient (Wildman–Crippen LogP) is 3.90. The molecule has 0 bridgehead atoms. The third kappa shape index (κ3) is 3.25. The number of anilines is 1. The van der Waals surface area contributed by atoms with E-state index in [1.165, 1.54) is 12.1 Å². The number of hydrogen-bond acceptors (Lipinski definition) is 2. The molecular formula is C12H9BrClNO2S. The number of nitrogens with one attached hydrogen (secondary N) is 1. The van der Waals surface area contributed by atoms with Crippen LogP contribution in [0.15, 0.2) is 57.9 Å².